The normalized spacial score (nSPS) is 11.2. The lowest BCUT2D eigenvalue weighted by atomic mass is 10.3. The molecule has 0 radical (unpaired) electrons. The molecule has 3 aromatic rings. The summed E-state index contributed by atoms with van der Waals surface area (Å²) in [6, 6.07) is 12.4. The van der Waals surface area contributed by atoms with Crippen molar-refractivity contribution in [2.45, 2.75) is 13.1 Å². The van der Waals surface area contributed by atoms with Crippen LogP contribution in [0.1, 0.15) is 9.75 Å². The van der Waals surface area contributed by atoms with Crippen LogP contribution in [-0.2, 0) is 13.1 Å². The molecule has 2 aromatic heterocycles. The molecule has 0 amide bonds. The van der Waals surface area contributed by atoms with E-state index in [9.17, 15) is 0 Å². The molecule has 0 spiro atoms. The van der Waals surface area contributed by atoms with Crippen LogP contribution < -0.4 is 5.32 Å². The van der Waals surface area contributed by atoms with Crippen LogP contribution in [0, 0.1) is 0 Å². The van der Waals surface area contributed by atoms with Gasteiger partial charge in [-0.15, -0.1) is 16.4 Å². The molecule has 0 bridgehead atoms. The van der Waals surface area contributed by atoms with E-state index in [1.807, 2.05) is 41.3 Å². The van der Waals surface area contributed by atoms with Crippen molar-refractivity contribution in [3.8, 4) is 0 Å². The molecule has 3 rings (SSSR count). The molecule has 2 heterocycles. The molecule has 4 nitrogen and oxygen atoms in total. The van der Waals surface area contributed by atoms with E-state index in [2.05, 4.69) is 33.8 Å². The molecule has 18 heavy (non-hydrogen) atoms. The lowest BCUT2D eigenvalue weighted by Gasteiger charge is -1.99. The van der Waals surface area contributed by atoms with E-state index in [4.69, 9.17) is 0 Å². The topological polar surface area (TPSA) is 42.7 Å². The highest BCUT2D eigenvalue weighted by atomic mass is 32.1. The van der Waals surface area contributed by atoms with Crippen molar-refractivity contribution in [3.05, 3.63) is 46.2 Å². The van der Waals surface area contributed by atoms with Crippen LogP contribution in [0.15, 0.2) is 36.4 Å². The van der Waals surface area contributed by atoms with Crippen molar-refractivity contribution < 1.29 is 0 Å². The number of benzene rings is 1. The van der Waals surface area contributed by atoms with Crippen molar-refractivity contribution in [2.75, 3.05) is 7.05 Å². The van der Waals surface area contributed by atoms with Gasteiger partial charge in [-0.25, -0.2) is 4.68 Å². The number of para-hydroxylation sites is 1. The standard InChI is InChI=1S/C13H14N4S/c1-14-8-10-6-7-11(18-10)9-17-13-5-3-2-4-12(13)15-16-17/h2-7,14H,8-9H2,1H3. The summed E-state index contributed by atoms with van der Waals surface area (Å²) >= 11 is 1.81. The summed E-state index contributed by atoms with van der Waals surface area (Å²) in [5.41, 5.74) is 2.03. The lowest BCUT2D eigenvalue weighted by Crippen LogP contribution is -2.02. The Balaban J connectivity index is 1.87. The Morgan fingerprint density at radius 3 is 2.89 bits per heavy atom. The van der Waals surface area contributed by atoms with Gasteiger partial charge in [0.1, 0.15) is 5.52 Å². The first-order valence-electron chi connectivity index (χ1n) is 5.87. The molecule has 0 aliphatic rings. The first-order valence-corrected chi connectivity index (χ1v) is 6.69. The number of nitrogens with one attached hydrogen (secondary N) is 1. The van der Waals surface area contributed by atoms with Crippen molar-refractivity contribution in [1.82, 2.24) is 20.3 Å². The van der Waals surface area contributed by atoms with E-state index in [0.29, 0.717) is 0 Å². The van der Waals surface area contributed by atoms with Gasteiger partial charge >= 0.3 is 0 Å². The summed E-state index contributed by atoms with van der Waals surface area (Å²) in [5, 5.41) is 11.5. The Kier molecular flexibility index (Phi) is 3.08. The highest BCUT2D eigenvalue weighted by molar-refractivity contribution is 7.11. The van der Waals surface area contributed by atoms with E-state index < -0.39 is 0 Å². The Hall–Kier alpha value is -1.72. The zero-order chi connectivity index (χ0) is 12.4. The zero-order valence-corrected chi connectivity index (χ0v) is 10.9. The van der Waals surface area contributed by atoms with E-state index in [1.165, 1.54) is 9.75 Å². The molecule has 0 saturated heterocycles. The number of thiophene rings is 1. The van der Waals surface area contributed by atoms with Crippen LogP contribution in [0.5, 0.6) is 0 Å². The van der Waals surface area contributed by atoms with Crippen molar-refractivity contribution in [2.24, 2.45) is 0 Å². The number of aromatic nitrogens is 3. The average molecular weight is 258 g/mol. The van der Waals surface area contributed by atoms with E-state index >= 15 is 0 Å². The van der Waals surface area contributed by atoms with E-state index in [-0.39, 0.29) is 0 Å². The molecule has 1 aromatic carbocycles. The minimum absolute atomic E-state index is 0.787. The second kappa shape index (κ2) is 4.88. The average Bonchev–Trinajstić information content (AvgIpc) is 2.99. The maximum atomic E-state index is 4.20. The minimum atomic E-state index is 0.787. The van der Waals surface area contributed by atoms with Gasteiger partial charge < -0.3 is 5.32 Å². The lowest BCUT2D eigenvalue weighted by molar-refractivity contribution is 0.676. The summed E-state index contributed by atoms with van der Waals surface area (Å²) in [6.45, 7) is 1.71. The largest absolute Gasteiger partial charge is 0.315 e. The third-order valence-corrected chi connectivity index (χ3v) is 3.86. The summed E-state index contributed by atoms with van der Waals surface area (Å²) in [4.78, 5) is 2.65. The second-order valence-electron chi connectivity index (χ2n) is 4.13. The first kappa shape index (κ1) is 11.4. The Morgan fingerprint density at radius 2 is 2.00 bits per heavy atom. The number of nitrogens with zero attached hydrogens (tertiary/aromatic N) is 3. The third-order valence-electron chi connectivity index (χ3n) is 2.79. The molecular weight excluding hydrogens is 244 g/mol. The van der Waals surface area contributed by atoms with Gasteiger partial charge in [0.15, 0.2) is 0 Å². The van der Waals surface area contributed by atoms with Crippen LogP contribution in [-0.4, -0.2) is 22.0 Å². The van der Waals surface area contributed by atoms with Crippen LogP contribution in [0.25, 0.3) is 11.0 Å². The Bertz CT molecular complexity index is 656. The Labute approximate surface area is 109 Å². The van der Waals surface area contributed by atoms with Gasteiger partial charge in [0.05, 0.1) is 12.1 Å². The summed E-state index contributed by atoms with van der Waals surface area (Å²) < 4.78 is 1.95. The number of hydrogen-bond donors (Lipinski definition) is 1. The highest BCUT2D eigenvalue weighted by Crippen LogP contribution is 2.19. The molecule has 0 aliphatic carbocycles. The molecule has 0 unspecified atom stereocenters. The number of hydrogen-bond acceptors (Lipinski definition) is 4. The van der Waals surface area contributed by atoms with Crippen molar-refractivity contribution >= 4 is 22.4 Å². The molecule has 5 heteroatoms. The van der Waals surface area contributed by atoms with Gasteiger partial charge in [0.2, 0.25) is 0 Å². The van der Waals surface area contributed by atoms with Gasteiger partial charge in [-0.05, 0) is 31.3 Å². The van der Waals surface area contributed by atoms with E-state index in [0.717, 1.165) is 24.1 Å². The predicted octanol–water partition coefficient (Wildman–Crippen LogP) is 2.26. The second-order valence-corrected chi connectivity index (χ2v) is 5.39. The fourth-order valence-electron chi connectivity index (χ4n) is 1.96. The summed E-state index contributed by atoms with van der Waals surface area (Å²) in [7, 11) is 1.96. The maximum Gasteiger partial charge on any atom is 0.113 e. The summed E-state index contributed by atoms with van der Waals surface area (Å²) in [5.74, 6) is 0. The number of fused-ring (bicyclic) bond motifs is 1. The van der Waals surface area contributed by atoms with Gasteiger partial charge in [0.25, 0.3) is 0 Å². The molecule has 1 N–H and O–H groups in total. The molecule has 0 aliphatic heterocycles. The zero-order valence-electron chi connectivity index (χ0n) is 10.1. The molecule has 92 valence electrons. The van der Waals surface area contributed by atoms with Gasteiger partial charge in [-0.2, -0.15) is 0 Å². The monoisotopic (exact) mass is 258 g/mol. The van der Waals surface area contributed by atoms with Gasteiger partial charge in [-0.1, -0.05) is 17.3 Å². The van der Waals surface area contributed by atoms with Crippen molar-refractivity contribution in [3.63, 3.8) is 0 Å². The number of rotatable bonds is 4. The van der Waals surface area contributed by atoms with Crippen LogP contribution in [0.3, 0.4) is 0 Å². The van der Waals surface area contributed by atoms with Crippen LogP contribution in [0.2, 0.25) is 0 Å². The molecule has 0 fully saturated rings. The molecule has 0 saturated carbocycles. The van der Waals surface area contributed by atoms with Crippen LogP contribution in [0.4, 0.5) is 0 Å². The minimum Gasteiger partial charge on any atom is -0.315 e. The smallest absolute Gasteiger partial charge is 0.113 e. The van der Waals surface area contributed by atoms with Crippen molar-refractivity contribution in [1.29, 1.82) is 0 Å². The first-order chi connectivity index (χ1) is 8.86. The van der Waals surface area contributed by atoms with Gasteiger partial charge in [-0.3, -0.25) is 0 Å². The predicted molar refractivity (Wildman–Crippen MR) is 73.7 cm³/mol. The fourth-order valence-corrected chi connectivity index (χ4v) is 2.97. The Morgan fingerprint density at radius 1 is 1.17 bits per heavy atom. The molecular formula is C13H14N4S. The third kappa shape index (κ3) is 2.14. The van der Waals surface area contributed by atoms with E-state index in [1.54, 1.807) is 0 Å². The fraction of sp³-hybridized carbons (Fsp3) is 0.231. The van der Waals surface area contributed by atoms with Crippen LogP contribution >= 0.6 is 11.3 Å². The quantitative estimate of drug-likeness (QED) is 0.780. The van der Waals surface area contributed by atoms with Gasteiger partial charge in [0, 0.05) is 16.3 Å². The highest BCUT2D eigenvalue weighted by Gasteiger charge is 2.05. The SMILES string of the molecule is CNCc1ccc(Cn2nnc3ccccc32)s1. The maximum absolute atomic E-state index is 4.20. The molecule has 0 atom stereocenters. The summed E-state index contributed by atoms with van der Waals surface area (Å²) in [6.07, 6.45) is 0.